The van der Waals surface area contributed by atoms with Crippen molar-refractivity contribution >= 4 is 45.2 Å². The lowest BCUT2D eigenvalue weighted by molar-refractivity contribution is -0.113. The first-order chi connectivity index (χ1) is 15.7. The first-order valence-corrected chi connectivity index (χ1v) is 11.3. The average molecular weight is 443 g/mol. The van der Waals surface area contributed by atoms with Gasteiger partial charge in [-0.1, -0.05) is 60.3 Å². The van der Waals surface area contributed by atoms with Crippen LogP contribution in [0.2, 0.25) is 0 Å². The minimum Gasteiger partial charge on any atom is -0.341 e. The summed E-state index contributed by atoms with van der Waals surface area (Å²) in [6.45, 7) is 3.02. The van der Waals surface area contributed by atoms with Crippen molar-refractivity contribution in [3.05, 3.63) is 72.8 Å². The predicted molar refractivity (Wildman–Crippen MR) is 130 cm³/mol. The molecule has 0 aliphatic carbocycles. The Morgan fingerprint density at radius 1 is 0.969 bits per heavy atom. The Hall–Kier alpha value is -3.78. The lowest BCUT2D eigenvalue weighted by Gasteiger charge is -2.07. The molecule has 1 amide bonds. The Balaban J connectivity index is 1.32. The number of carbonyl (C=O) groups is 1. The van der Waals surface area contributed by atoms with Crippen molar-refractivity contribution in [2.75, 3.05) is 16.9 Å². The maximum Gasteiger partial charge on any atom is 0.234 e. The Morgan fingerprint density at radius 3 is 2.53 bits per heavy atom. The molecule has 0 aliphatic rings. The molecule has 0 saturated carbocycles. The van der Waals surface area contributed by atoms with Crippen LogP contribution in [0.15, 0.2) is 78.0 Å². The molecule has 0 bridgehead atoms. The van der Waals surface area contributed by atoms with Gasteiger partial charge in [-0.15, -0.1) is 10.2 Å². The van der Waals surface area contributed by atoms with E-state index in [1.807, 2.05) is 54.6 Å². The standard InChI is InChI=1S/C24H22N6OS/c1-2-29-20-11-7-6-10-18(20)19-14-17(12-13-21(19)29)26-22(31)15-32-24-28-27-23(30(24)25)16-8-4-3-5-9-16/h3-14H,2,15,25H2,1H3,(H,26,31). The number of aryl methyl sites for hydroxylation is 1. The van der Waals surface area contributed by atoms with E-state index in [2.05, 4.69) is 45.2 Å². The molecule has 3 aromatic carbocycles. The second kappa shape index (κ2) is 8.39. The summed E-state index contributed by atoms with van der Waals surface area (Å²) in [5, 5.41) is 14.1. The topological polar surface area (TPSA) is 90.8 Å². The van der Waals surface area contributed by atoms with Crippen molar-refractivity contribution in [3.63, 3.8) is 0 Å². The third-order valence-electron chi connectivity index (χ3n) is 5.40. The van der Waals surface area contributed by atoms with Crippen LogP contribution in [0, 0.1) is 0 Å². The number of para-hydroxylation sites is 1. The van der Waals surface area contributed by atoms with Gasteiger partial charge < -0.3 is 15.7 Å². The Morgan fingerprint density at radius 2 is 1.72 bits per heavy atom. The first kappa shape index (κ1) is 20.1. The number of nitrogens with zero attached hydrogens (tertiary/aromatic N) is 4. The fraction of sp³-hybridized carbons (Fsp3) is 0.125. The maximum absolute atomic E-state index is 12.6. The molecule has 32 heavy (non-hydrogen) atoms. The number of rotatable bonds is 6. The number of carbonyl (C=O) groups excluding carboxylic acids is 1. The number of fused-ring (bicyclic) bond motifs is 3. The summed E-state index contributed by atoms with van der Waals surface area (Å²) < 4.78 is 3.70. The second-order valence-corrected chi connectivity index (χ2v) is 8.31. The van der Waals surface area contributed by atoms with Gasteiger partial charge >= 0.3 is 0 Å². The van der Waals surface area contributed by atoms with Crippen LogP contribution >= 0.6 is 11.8 Å². The molecule has 0 spiro atoms. The van der Waals surface area contributed by atoms with Gasteiger partial charge in [0.2, 0.25) is 11.1 Å². The molecule has 0 aliphatic heterocycles. The van der Waals surface area contributed by atoms with Crippen LogP contribution in [0.3, 0.4) is 0 Å². The number of nitrogens with one attached hydrogen (secondary N) is 1. The zero-order chi connectivity index (χ0) is 22.1. The zero-order valence-corrected chi connectivity index (χ0v) is 18.3. The summed E-state index contributed by atoms with van der Waals surface area (Å²) in [7, 11) is 0. The quantitative estimate of drug-likeness (QED) is 0.298. The van der Waals surface area contributed by atoms with Crippen LogP contribution in [0.4, 0.5) is 5.69 Å². The largest absolute Gasteiger partial charge is 0.341 e. The Bertz CT molecular complexity index is 1420. The van der Waals surface area contributed by atoms with E-state index in [-0.39, 0.29) is 11.7 Å². The van der Waals surface area contributed by atoms with E-state index in [4.69, 9.17) is 5.84 Å². The van der Waals surface area contributed by atoms with Crippen molar-refractivity contribution in [2.45, 2.75) is 18.6 Å². The number of amides is 1. The van der Waals surface area contributed by atoms with Crippen LogP contribution in [0.1, 0.15) is 6.92 Å². The minimum absolute atomic E-state index is 0.127. The zero-order valence-electron chi connectivity index (χ0n) is 17.5. The van der Waals surface area contributed by atoms with Crippen LogP contribution in [-0.2, 0) is 11.3 Å². The fourth-order valence-electron chi connectivity index (χ4n) is 3.96. The monoisotopic (exact) mass is 442 g/mol. The molecular weight excluding hydrogens is 420 g/mol. The van der Waals surface area contributed by atoms with E-state index in [1.165, 1.54) is 27.3 Å². The van der Waals surface area contributed by atoms with Gasteiger partial charge in [0, 0.05) is 39.6 Å². The number of anilines is 1. The summed E-state index contributed by atoms with van der Waals surface area (Å²) in [4.78, 5) is 12.6. The Labute approximate surface area is 189 Å². The smallest absolute Gasteiger partial charge is 0.234 e. The SMILES string of the molecule is CCn1c2ccccc2c2cc(NC(=O)CSc3nnc(-c4ccccc4)n3N)ccc21. The van der Waals surface area contributed by atoms with E-state index < -0.39 is 0 Å². The highest BCUT2D eigenvalue weighted by Crippen LogP contribution is 2.31. The first-order valence-electron chi connectivity index (χ1n) is 10.3. The van der Waals surface area contributed by atoms with E-state index in [1.54, 1.807) is 0 Å². The van der Waals surface area contributed by atoms with Gasteiger partial charge in [0.1, 0.15) is 0 Å². The van der Waals surface area contributed by atoms with E-state index in [9.17, 15) is 4.79 Å². The number of benzene rings is 3. The van der Waals surface area contributed by atoms with Crippen molar-refractivity contribution in [1.82, 2.24) is 19.4 Å². The lowest BCUT2D eigenvalue weighted by Crippen LogP contribution is -2.16. The van der Waals surface area contributed by atoms with Crippen molar-refractivity contribution in [1.29, 1.82) is 0 Å². The molecule has 7 nitrogen and oxygen atoms in total. The van der Waals surface area contributed by atoms with Gasteiger partial charge in [0.15, 0.2) is 5.82 Å². The molecule has 2 heterocycles. The molecular formula is C24H22N6OS. The summed E-state index contributed by atoms with van der Waals surface area (Å²) in [6, 6.07) is 24.0. The number of aromatic nitrogens is 4. The van der Waals surface area contributed by atoms with E-state index in [0.29, 0.717) is 11.0 Å². The van der Waals surface area contributed by atoms with Gasteiger partial charge in [0.05, 0.1) is 5.75 Å². The number of nitrogens with two attached hydrogens (primary N) is 1. The van der Waals surface area contributed by atoms with Crippen LogP contribution in [-0.4, -0.2) is 31.1 Å². The molecule has 160 valence electrons. The minimum atomic E-state index is -0.127. The molecule has 0 saturated heterocycles. The van der Waals surface area contributed by atoms with E-state index in [0.717, 1.165) is 28.7 Å². The van der Waals surface area contributed by atoms with Crippen LogP contribution in [0.5, 0.6) is 0 Å². The summed E-state index contributed by atoms with van der Waals surface area (Å²) >= 11 is 1.25. The highest BCUT2D eigenvalue weighted by atomic mass is 32.2. The third-order valence-corrected chi connectivity index (χ3v) is 6.34. The van der Waals surface area contributed by atoms with Gasteiger partial charge in [-0.05, 0) is 31.2 Å². The normalized spacial score (nSPS) is 11.3. The Kier molecular flexibility index (Phi) is 5.28. The van der Waals surface area contributed by atoms with Crippen LogP contribution < -0.4 is 11.2 Å². The molecule has 0 fully saturated rings. The van der Waals surface area contributed by atoms with Crippen molar-refractivity contribution in [2.24, 2.45) is 0 Å². The van der Waals surface area contributed by atoms with E-state index >= 15 is 0 Å². The summed E-state index contributed by atoms with van der Waals surface area (Å²) in [5.41, 5.74) is 3.99. The lowest BCUT2D eigenvalue weighted by atomic mass is 10.1. The van der Waals surface area contributed by atoms with Gasteiger partial charge in [-0.25, -0.2) is 4.68 Å². The summed E-state index contributed by atoms with van der Waals surface area (Å²) in [6.07, 6.45) is 0. The van der Waals surface area contributed by atoms with Gasteiger partial charge in [-0.3, -0.25) is 4.79 Å². The molecule has 8 heteroatoms. The average Bonchev–Trinajstić information content (AvgIpc) is 3.35. The maximum atomic E-state index is 12.6. The highest BCUT2D eigenvalue weighted by molar-refractivity contribution is 7.99. The molecule has 0 radical (unpaired) electrons. The highest BCUT2D eigenvalue weighted by Gasteiger charge is 2.15. The number of nitrogen functional groups attached to an aromatic ring is 1. The molecule has 2 aromatic heterocycles. The molecule has 0 atom stereocenters. The second-order valence-electron chi connectivity index (χ2n) is 7.37. The van der Waals surface area contributed by atoms with Crippen molar-refractivity contribution < 1.29 is 4.79 Å². The predicted octanol–water partition coefficient (Wildman–Crippen LogP) is 4.52. The molecule has 5 rings (SSSR count). The van der Waals surface area contributed by atoms with Gasteiger partial charge in [-0.2, -0.15) is 0 Å². The summed E-state index contributed by atoms with van der Waals surface area (Å²) in [5.74, 6) is 6.76. The molecule has 5 aromatic rings. The molecule has 3 N–H and O–H groups in total. The molecule has 0 unspecified atom stereocenters. The number of thioether (sulfide) groups is 1. The third kappa shape index (κ3) is 3.58. The van der Waals surface area contributed by atoms with Crippen LogP contribution in [0.25, 0.3) is 33.2 Å². The van der Waals surface area contributed by atoms with Gasteiger partial charge in [0.25, 0.3) is 0 Å². The fourth-order valence-corrected chi connectivity index (χ4v) is 4.62. The number of hydrogen-bond acceptors (Lipinski definition) is 5. The number of hydrogen-bond donors (Lipinski definition) is 2. The van der Waals surface area contributed by atoms with Crippen molar-refractivity contribution in [3.8, 4) is 11.4 Å².